The van der Waals surface area contributed by atoms with Crippen LogP contribution in [-0.2, 0) is 0 Å². The number of nitrogens with two attached hydrogens (primary N) is 1. The molecule has 96 valence electrons. The molecule has 1 heterocycles. The SMILES string of the molecule is CN(C)C(N)=NCCCNc1ccccn1.I. The summed E-state index contributed by atoms with van der Waals surface area (Å²) in [7, 11) is 3.76. The maximum Gasteiger partial charge on any atom is 0.190 e. The van der Waals surface area contributed by atoms with Gasteiger partial charge in [0.05, 0.1) is 0 Å². The molecule has 0 fully saturated rings. The van der Waals surface area contributed by atoms with Crippen molar-refractivity contribution in [3.8, 4) is 0 Å². The van der Waals surface area contributed by atoms with Crippen LogP contribution in [0.4, 0.5) is 5.82 Å². The number of rotatable bonds is 5. The molecule has 6 heteroatoms. The van der Waals surface area contributed by atoms with Crippen LogP contribution in [0.1, 0.15) is 6.42 Å². The first-order valence-corrected chi connectivity index (χ1v) is 5.32. The largest absolute Gasteiger partial charge is 0.370 e. The summed E-state index contributed by atoms with van der Waals surface area (Å²) >= 11 is 0. The zero-order valence-corrected chi connectivity index (χ0v) is 12.6. The Morgan fingerprint density at radius 3 is 2.82 bits per heavy atom. The quantitative estimate of drug-likeness (QED) is 0.365. The van der Waals surface area contributed by atoms with E-state index < -0.39 is 0 Å². The Labute approximate surface area is 120 Å². The van der Waals surface area contributed by atoms with Crippen LogP contribution in [0.25, 0.3) is 0 Å². The van der Waals surface area contributed by atoms with Crippen LogP contribution in [-0.4, -0.2) is 43.0 Å². The molecule has 0 spiro atoms. The molecule has 0 aromatic carbocycles. The van der Waals surface area contributed by atoms with Gasteiger partial charge in [-0.05, 0) is 18.6 Å². The molecule has 17 heavy (non-hydrogen) atoms. The van der Waals surface area contributed by atoms with E-state index >= 15 is 0 Å². The second-order valence-electron chi connectivity index (χ2n) is 3.63. The van der Waals surface area contributed by atoms with Crippen LogP contribution in [0.3, 0.4) is 0 Å². The molecule has 1 rings (SSSR count). The minimum absolute atomic E-state index is 0. The van der Waals surface area contributed by atoms with E-state index in [0.717, 1.165) is 25.3 Å². The third kappa shape index (κ3) is 6.98. The van der Waals surface area contributed by atoms with Gasteiger partial charge in [-0.1, -0.05) is 6.07 Å². The zero-order chi connectivity index (χ0) is 11.8. The molecule has 1 aromatic heterocycles. The van der Waals surface area contributed by atoms with Crippen molar-refractivity contribution >= 4 is 35.8 Å². The Morgan fingerprint density at radius 2 is 2.24 bits per heavy atom. The fourth-order valence-electron chi connectivity index (χ4n) is 1.10. The van der Waals surface area contributed by atoms with Gasteiger partial charge in [-0.2, -0.15) is 0 Å². The Kier molecular flexibility index (Phi) is 8.47. The molecule has 0 aliphatic carbocycles. The first-order chi connectivity index (χ1) is 7.70. The van der Waals surface area contributed by atoms with Crippen LogP contribution in [0, 0.1) is 0 Å². The van der Waals surface area contributed by atoms with Crippen molar-refractivity contribution in [3.63, 3.8) is 0 Å². The molecule has 0 atom stereocenters. The maximum atomic E-state index is 5.65. The number of hydrogen-bond acceptors (Lipinski definition) is 3. The molecule has 0 amide bonds. The fourth-order valence-corrected chi connectivity index (χ4v) is 1.10. The lowest BCUT2D eigenvalue weighted by Gasteiger charge is -2.10. The summed E-state index contributed by atoms with van der Waals surface area (Å²) in [4.78, 5) is 10.2. The van der Waals surface area contributed by atoms with E-state index in [-0.39, 0.29) is 24.0 Å². The van der Waals surface area contributed by atoms with Crippen LogP contribution < -0.4 is 11.1 Å². The number of aliphatic imine (C=N–C) groups is 1. The minimum Gasteiger partial charge on any atom is -0.370 e. The average Bonchev–Trinajstić information content (AvgIpc) is 2.29. The molecule has 5 nitrogen and oxygen atoms in total. The lowest BCUT2D eigenvalue weighted by Crippen LogP contribution is -2.30. The van der Waals surface area contributed by atoms with Crippen molar-refractivity contribution in [3.05, 3.63) is 24.4 Å². The highest BCUT2D eigenvalue weighted by molar-refractivity contribution is 14.0. The van der Waals surface area contributed by atoms with Gasteiger partial charge in [-0.15, -0.1) is 24.0 Å². The van der Waals surface area contributed by atoms with Gasteiger partial charge in [0.2, 0.25) is 0 Å². The first kappa shape index (κ1) is 16.0. The molecule has 0 aliphatic rings. The predicted molar refractivity (Wildman–Crippen MR) is 82.9 cm³/mol. The van der Waals surface area contributed by atoms with Gasteiger partial charge in [0.1, 0.15) is 5.82 Å². The molecule has 0 saturated carbocycles. The van der Waals surface area contributed by atoms with Gasteiger partial charge in [0.25, 0.3) is 0 Å². The molecule has 0 radical (unpaired) electrons. The van der Waals surface area contributed by atoms with E-state index in [4.69, 9.17) is 5.73 Å². The number of pyridine rings is 1. The van der Waals surface area contributed by atoms with Crippen molar-refractivity contribution in [1.29, 1.82) is 0 Å². The number of aromatic nitrogens is 1. The highest BCUT2D eigenvalue weighted by Gasteiger charge is 1.93. The molecule has 3 N–H and O–H groups in total. The monoisotopic (exact) mass is 349 g/mol. The summed E-state index contributed by atoms with van der Waals surface area (Å²) in [6.07, 6.45) is 2.70. The number of halogens is 1. The Hall–Kier alpha value is -1.05. The van der Waals surface area contributed by atoms with Crippen molar-refractivity contribution in [1.82, 2.24) is 9.88 Å². The predicted octanol–water partition coefficient (Wildman–Crippen LogP) is 1.38. The van der Waals surface area contributed by atoms with E-state index in [1.165, 1.54) is 0 Å². The lowest BCUT2D eigenvalue weighted by molar-refractivity contribution is 0.608. The number of anilines is 1. The van der Waals surface area contributed by atoms with Gasteiger partial charge in [0.15, 0.2) is 5.96 Å². The van der Waals surface area contributed by atoms with E-state index in [0.29, 0.717) is 5.96 Å². The summed E-state index contributed by atoms with van der Waals surface area (Å²) in [6.45, 7) is 1.57. The molecule has 0 saturated heterocycles. The standard InChI is InChI=1S/C11H19N5.HI/c1-16(2)11(12)15-9-5-8-14-10-6-3-4-7-13-10;/h3-4,6-7H,5,8-9H2,1-2H3,(H2,12,15)(H,13,14);1H. The summed E-state index contributed by atoms with van der Waals surface area (Å²) in [6, 6.07) is 5.79. The smallest absolute Gasteiger partial charge is 0.190 e. The maximum absolute atomic E-state index is 5.65. The van der Waals surface area contributed by atoms with Crippen LogP contribution in [0.15, 0.2) is 29.4 Å². The molecule has 0 aliphatic heterocycles. The van der Waals surface area contributed by atoms with Crippen LogP contribution >= 0.6 is 24.0 Å². The third-order valence-corrected chi connectivity index (χ3v) is 2.04. The summed E-state index contributed by atoms with van der Waals surface area (Å²) < 4.78 is 0. The summed E-state index contributed by atoms with van der Waals surface area (Å²) in [5.41, 5.74) is 5.65. The van der Waals surface area contributed by atoms with Crippen molar-refractivity contribution in [2.75, 3.05) is 32.5 Å². The Morgan fingerprint density at radius 1 is 1.47 bits per heavy atom. The highest BCUT2D eigenvalue weighted by atomic mass is 127. The second kappa shape index (κ2) is 9.03. The van der Waals surface area contributed by atoms with Gasteiger partial charge in [0, 0.05) is 33.4 Å². The average molecular weight is 349 g/mol. The number of nitrogens with one attached hydrogen (secondary N) is 1. The van der Waals surface area contributed by atoms with Crippen molar-refractivity contribution in [2.45, 2.75) is 6.42 Å². The van der Waals surface area contributed by atoms with Crippen molar-refractivity contribution in [2.24, 2.45) is 10.7 Å². The number of guanidine groups is 1. The van der Waals surface area contributed by atoms with Crippen LogP contribution in [0.5, 0.6) is 0 Å². The van der Waals surface area contributed by atoms with E-state index in [1.807, 2.05) is 32.3 Å². The normalized spacial score (nSPS) is 10.6. The second-order valence-corrected chi connectivity index (χ2v) is 3.63. The fraction of sp³-hybridized carbons (Fsp3) is 0.455. The molecule has 0 bridgehead atoms. The minimum atomic E-state index is 0. The molecule has 1 aromatic rings. The van der Waals surface area contributed by atoms with E-state index in [1.54, 1.807) is 11.1 Å². The van der Waals surface area contributed by atoms with Gasteiger partial charge in [-0.3, -0.25) is 4.99 Å². The highest BCUT2D eigenvalue weighted by Crippen LogP contribution is 1.99. The van der Waals surface area contributed by atoms with Crippen LogP contribution in [0.2, 0.25) is 0 Å². The van der Waals surface area contributed by atoms with E-state index in [9.17, 15) is 0 Å². The zero-order valence-electron chi connectivity index (χ0n) is 10.3. The summed E-state index contributed by atoms with van der Waals surface area (Å²) in [5.74, 6) is 1.46. The molecule has 0 unspecified atom stereocenters. The Balaban J connectivity index is 0.00000256. The summed E-state index contributed by atoms with van der Waals surface area (Å²) in [5, 5.41) is 3.21. The van der Waals surface area contributed by atoms with Crippen molar-refractivity contribution < 1.29 is 0 Å². The first-order valence-electron chi connectivity index (χ1n) is 5.32. The number of hydrogen-bond donors (Lipinski definition) is 2. The Bertz CT molecular complexity index is 326. The lowest BCUT2D eigenvalue weighted by atomic mass is 10.4. The van der Waals surface area contributed by atoms with Gasteiger partial charge >= 0.3 is 0 Å². The molecular weight excluding hydrogens is 329 g/mol. The third-order valence-electron chi connectivity index (χ3n) is 2.04. The molecular formula is C11H20IN5. The van der Waals surface area contributed by atoms with Gasteiger partial charge < -0.3 is 16.0 Å². The van der Waals surface area contributed by atoms with Gasteiger partial charge in [-0.25, -0.2) is 4.98 Å². The topological polar surface area (TPSA) is 66.5 Å². The van der Waals surface area contributed by atoms with E-state index in [2.05, 4.69) is 15.3 Å². The number of nitrogens with zero attached hydrogens (tertiary/aromatic N) is 3.